The van der Waals surface area contributed by atoms with E-state index in [0.717, 1.165) is 5.56 Å². The van der Waals surface area contributed by atoms with Gasteiger partial charge >= 0.3 is 0 Å². The van der Waals surface area contributed by atoms with Gasteiger partial charge in [-0.05, 0) is 25.3 Å². The van der Waals surface area contributed by atoms with Gasteiger partial charge in [0.05, 0.1) is 6.54 Å². The number of carbonyl (C=O) groups excluding carboxylic acids is 4. The summed E-state index contributed by atoms with van der Waals surface area (Å²) < 4.78 is 26.8. The highest BCUT2D eigenvalue weighted by Crippen LogP contribution is 2.65. The van der Waals surface area contributed by atoms with Crippen molar-refractivity contribution >= 4 is 34.8 Å². The Morgan fingerprint density at radius 2 is 1.80 bits per heavy atom. The molecule has 3 N–H and O–H groups in total. The predicted molar refractivity (Wildman–Crippen MR) is 123 cm³/mol. The third-order valence-corrected chi connectivity index (χ3v) is 7.37. The summed E-state index contributed by atoms with van der Waals surface area (Å²) in [5.41, 5.74) is 0.738. The monoisotopic (exact) mass is 504 g/mol. The maximum absolute atomic E-state index is 13.4. The van der Waals surface area contributed by atoms with E-state index in [0.29, 0.717) is 5.01 Å². The van der Waals surface area contributed by atoms with E-state index in [1.807, 2.05) is 0 Å². The molecule has 0 saturated heterocycles. The van der Waals surface area contributed by atoms with E-state index in [9.17, 15) is 28.0 Å². The van der Waals surface area contributed by atoms with Gasteiger partial charge in [0.2, 0.25) is 17.6 Å². The molecule has 35 heavy (non-hydrogen) atoms. The highest BCUT2D eigenvalue weighted by atomic mass is 32.1. The summed E-state index contributed by atoms with van der Waals surface area (Å²) in [6.45, 7) is 1.53. The van der Waals surface area contributed by atoms with Gasteiger partial charge in [0.1, 0.15) is 17.1 Å². The minimum atomic E-state index is -2.68. The predicted octanol–water partition coefficient (Wildman–Crippen LogP) is 1.85. The molecule has 186 valence electrons. The molecule has 1 heterocycles. The molecule has 1 aromatic heterocycles. The standard InChI is InChI=1S/C24H26F2N4O4S/c1-13(29-22(33)15-10-16-17(11-15)24(16,25)26)21(32)30-18(9-14-5-3-2-4-6-14)20(31)23(34)28-12-19-27-7-8-35-19/h2-8,13,15-18H,9-12H2,1H3,(H,28,34)(H,29,33)(H,30,32)/t13-,15?,16-,17+,18-/m1/s1. The second-order valence-electron chi connectivity index (χ2n) is 9.01. The average Bonchev–Trinajstić information content (AvgIpc) is 3.33. The Bertz CT molecular complexity index is 1080. The van der Waals surface area contributed by atoms with Crippen LogP contribution in [0.3, 0.4) is 0 Å². The molecule has 1 aromatic carbocycles. The number of hydrogen-bond acceptors (Lipinski definition) is 6. The van der Waals surface area contributed by atoms with Crippen molar-refractivity contribution in [3.05, 3.63) is 52.5 Å². The van der Waals surface area contributed by atoms with Crippen LogP contribution in [0.5, 0.6) is 0 Å². The first-order valence-electron chi connectivity index (χ1n) is 11.4. The molecule has 4 rings (SSSR count). The van der Waals surface area contributed by atoms with Crippen LogP contribution in [-0.4, -0.2) is 46.5 Å². The second kappa shape index (κ2) is 10.2. The molecule has 2 fully saturated rings. The van der Waals surface area contributed by atoms with Gasteiger partial charge in [0.15, 0.2) is 0 Å². The van der Waals surface area contributed by atoms with Crippen LogP contribution in [0.2, 0.25) is 0 Å². The number of nitrogens with one attached hydrogen (secondary N) is 3. The zero-order valence-electron chi connectivity index (χ0n) is 19.0. The maximum atomic E-state index is 13.4. The van der Waals surface area contributed by atoms with Gasteiger partial charge in [-0.3, -0.25) is 19.2 Å². The van der Waals surface area contributed by atoms with Crippen molar-refractivity contribution in [2.45, 2.75) is 50.7 Å². The molecule has 8 nitrogen and oxygen atoms in total. The van der Waals surface area contributed by atoms with E-state index < -0.39 is 59.3 Å². The number of amides is 3. The number of halogens is 2. The lowest BCUT2D eigenvalue weighted by atomic mass is 10.0. The number of fused-ring (bicyclic) bond motifs is 1. The van der Waals surface area contributed by atoms with Crippen LogP contribution in [0.1, 0.15) is 30.3 Å². The zero-order chi connectivity index (χ0) is 25.2. The zero-order valence-corrected chi connectivity index (χ0v) is 19.8. The highest BCUT2D eigenvalue weighted by molar-refractivity contribution is 7.09. The Kier molecular flexibility index (Phi) is 7.25. The minimum absolute atomic E-state index is 0.0812. The Labute approximate surface area is 204 Å². The molecular weight excluding hydrogens is 478 g/mol. The molecule has 2 aromatic rings. The smallest absolute Gasteiger partial charge is 0.289 e. The number of thiazole rings is 1. The minimum Gasteiger partial charge on any atom is -0.344 e. The van der Waals surface area contributed by atoms with Crippen molar-refractivity contribution in [3.8, 4) is 0 Å². The fourth-order valence-electron chi connectivity index (χ4n) is 4.52. The first kappa shape index (κ1) is 24.9. The highest BCUT2D eigenvalue weighted by Gasteiger charge is 2.72. The van der Waals surface area contributed by atoms with Crippen LogP contribution < -0.4 is 16.0 Å². The van der Waals surface area contributed by atoms with Gasteiger partial charge < -0.3 is 16.0 Å². The van der Waals surface area contributed by atoms with Crippen molar-refractivity contribution in [2.75, 3.05) is 0 Å². The summed E-state index contributed by atoms with van der Waals surface area (Å²) in [7, 11) is 0. The first-order valence-corrected chi connectivity index (χ1v) is 12.3. The Morgan fingerprint density at radius 1 is 1.11 bits per heavy atom. The van der Waals surface area contributed by atoms with Crippen LogP contribution in [0.15, 0.2) is 41.9 Å². The number of benzene rings is 1. The topological polar surface area (TPSA) is 117 Å². The summed E-state index contributed by atoms with van der Waals surface area (Å²) in [5, 5.41) is 10.0. The van der Waals surface area contributed by atoms with Crippen LogP contribution >= 0.6 is 11.3 Å². The van der Waals surface area contributed by atoms with Crippen molar-refractivity contribution in [1.29, 1.82) is 0 Å². The lowest BCUT2D eigenvalue weighted by Gasteiger charge is -2.22. The number of carbonyl (C=O) groups is 4. The summed E-state index contributed by atoms with van der Waals surface area (Å²) in [6.07, 6.45) is 1.87. The summed E-state index contributed by atoms with van der Waals surface area (Å²) in [6, 6.07) is 6.74. The molecule has 0 radical (unpaired) electrons. The molecule has 2 aliphatic carbocycles. The fraction of sp³-hybridized carbons (Fsp3) is 0.458. The number of hydrogen-bond donors (Lipinski definition) is 3. The van der Waals surface area contributed by atoms with E-state index in [1.54, 1.807) is 41.9 Å². The Balaban J connectivity index is 1.35. The molecule has 2 aliphatic rings. The summed E-state index contributed by atoms with van der Waals surface area (Å²) in [4.78, 5) is 54.7. The normalized spacial score (nSPS) is 23.5. The van der Waals surface area contributed by atoms with Crippen LogP contribution in [0, 0.1) is 17.8 Å². The largest absolute Gasteiger partial charge is 0.344 e. The van der Waals surface area contributed by atoms with E-state index in [-0.39, 0.29) is 25.8 Å². The molecule has 0 bridgehead atoms. The van der Waals surface area contributed by atoms with Crippen LogP contribution in [-0.2, 0) is 32.1 Å². The second-order valence-corrected chi connectivity index (χ2v) is 9.99. The molecular formula is C24H26F2N4O4S. The average molecular weight is 505 g/mol. The van der Waals surface area contributed by atoms with Crippen molar-refractivity contribution in [3.63, 3.8) is 0 Å². The quantitative estimate of drug-likeness (QED) is 0.427. The molecule has 1 unspecified atom stereocenters. The van der Waals surface area contributed by atoms with Gasteiger partial charge in [0.25, 0.3) is 11.8 Å². The Hall–Kier alpha value is -3.21. The van der Waals surface area contributed by atoms with E-state index in [4.69, 9.17) is 0 Å². The van der Waals surface area contributed by atoms with Gasteiger partial charge in [-0.2, -0.15) is 0 Å². The van der Waals surface area contributed by atoms with E-state index >= 15 is 0 Å². The Morgan fingerprint density at radius 3 is 2.43 bits per heavy atom. The van der Waals surface area contributed by atoms with Crippen LogP contribution in [0.25, 0.3) is 0 Å². The third-order valence-electron chi connectivity index (χ3n) is 6.59. The number of Topliss-reactive ketones (excluding diaryl/α,β-unsaturated/α-hetero) is 1. The van der Waals surface area contributed by atoms with Crippen molar-refractivity contribution < 1.29 is 28.0 Å². The fourth-order valence-corrected chi connectivity index (χ4v) is 5.08. The first-order chi connectivity index (χ1) is 16.7. The molecule has 0 aliphatic heterocycles. The van der Waals surface area contributed by atoms with E-state index in [2.05, 4.69) is 20.9 Å². The number of rotatable bonds is 10. The molecule has 0 spiro atoms. The summed E-state index contributed by atoms with van der Waals surface area (Å²) >= 11 is 1.33. The molecule has 2 saturated carbocycles. The van der Waals surface area contributed by atoms with Gasteiger partial charge in [0, 0.05) is 35.8 Å². The van der Waals surface area contributed by atoms with Crippen molar-refractivity contribution in [1.82, 2.24) is 20.9 Å². The molecule has 3 amide bonds. The molecule has 11 heteroatoms. The number of ketones is 1. The molecule has 5 atom stereocenters. The van der Waals surface area contributed by atoms with Crippen molar-refractivity contribution in [2.24, 2.45) is 17.8 Å². The SMILES string of the molecule is C[C@@H](NC(=O)C1C[C@@H]2[C@H](C1)C2(F)F)C(=O)N[C@H](Cc1ccccc1)C(=O)C(=O)NCc1nccs1. The van der Waals surface area contributed by atoms with Crippen LogP contribution in [0.4, 0.5) is 8.78 Å². The maximum Gasteiger partial charge on any atom is 0.289 e. The lowest BCUT2D eigenvalue weighted by molar-refractivity contribution is -0.140. The lowest BCUT2D eigenvalue weighted by Crippen LogP contribution is -2.54. The number of nitrogens with zero attached hydrogens (tertiary/aromatic N) is 1. The number of alkyl halides is 2. The third kappa shape index (κ3) is 5.72. The van der Waals surface area contributed by atoms with Gasteiger partial charge in [-0.15, -0.1) is 11.3 Å². The number of aromatic nitrogens is 1. The van der Waals surface area contributed by atoms with Gasteiger partial charge in [-0.25, -0.2) is 13.8 Å². The van der Waals surface area contributed by atoms with E-state index in [1.165, 1.54) is 18.3 Å². The summed E-state index contributed by atoms with van der Waals surface area (Å²) in [5.74, 6) is -7.52. The van der Waals surface area contributed by atoms with Gasteiger partial charge in [-0.1, -0.05) is 30.3 Å².